The van der Waals surface area contributed by atoms with E-state index in [4.69, 9.17) is 9.47 Å². The third-order valence-corrected chi connectivity index (χ3v) is 27.8. The molecular formula is C93H97F6O7S3+3. The Morgan fingerprint density at radius 1 is 0.349 bits per heavy atom. The first-order chi connectivity index (χ1) is 52.2. The lowest BCUT2D eigenvalue weighted by Gasteiger charge is -2.62. The number of halogens is 6. The largest absolute Gasteiger partial charge is 0.465 e. The SMILES string of the molecule is CC(F)(F)C(=O)OCC12CC3CC(CC(O)(C3)C1)C2.COC(=O)C(C)(F)F.Cc1ccc(C23CC4CC(CC(COC(=O)C(C)(F)F)(C4)C2)C3)cc1.c1ccc([S+](c2ccccc2)c2ccccc2)cc1.c1ccc([S+](c2ccccc2)c2ccccc2)cc1.c1ccc([S+](c2ccccc2)c2ccccc2)cc1. The predicted molar refractivity (Wildman–Crippen MR) is 422 cm³/mol. The normalized spacial score (nSPS) is 22.4. The number of rotatable bonds is 17. The van der Waals surface area contributed by atoms with Gasteiger partial charge in [-0.05, 0) is 228 Å². The van der Waals surface area contributed by atoms with E-state index in [0.717, 1.165) is 58.5 Å². The first-order valence-corrected chi connectivity index (χ1v) is 40.9. The summed E-state index contributed by atoms with van der Waals surface area (Å²) in [5.41, 5.74) is 1.74. The molecule has 0 amide bonds. The minimum absolute atomic E-state index is 0.0146. The highest BCUT2D eigenvalue weighted by atomic mass is 32.2. The van der Waals surface area contributed by atoms with E-state index in [1.54, 1.807) is 0 Å². The topological polar surface area (TPSA) is 99.1 Å². The Balaban J connectivity index is 0.000000132. The van der Waals surface area contributed by atoms with Crippen molar-refractivity contribution in [3.05, 3.63) is 308 Å². The van der Waals surface area contributed by atoms with Crippen molar-refractivity contribution in [1.82, 2.24) is 0 Å². The van der Waals surface area contributed by atoms with Crippen LogP contribution in [0.3, 0.4) is 0 Å². The second kappa shape index (κ2) is 36.4. The van der Waals surface area contributed by atoms with Crippen LogP contribution in [0.25, 0.3) is 0 Å². The lowest BCUT2D eigenvalue weighted by Crippen LogP contribution is -2.57. The van der Waals surface area contributed by atoms with E-state index in [1.807, 2.05) is 0 Å². The molecule has 0 saturated heterocycles. The summed E-state index contributed by atoms with van der Waals surface area (Å²) >= 11 is 0. The van der Waals surface area contributed by atoms with Gasteiger partial charge in [-0.25, -0.2) is 14.4 Å². The van der Waals surface area contributed by atoms with Crippen LogP contribution in [0, 0.1) is 41.4 Å². The van der Waals surface area contributed by atoms with E-state index >= 15 is 0 Å². The molecule has 7 nitrogen and oxygen atoms in total. The lowest BCUT2D eigenvalue weighted by molar-refractivity contribution is -0.197. The molecule has 10 aromatic carbocycles. The Morgan fingerprint density at radius 3 is 0.789 bits per heavy atom. The van der Waals surface area contributed by atoms with Crippen LogP contribution in [-0.2, 0) is 66.7 Å². The van der Waals surface area contributed by atoms with Gasteiger partial charge < -0.3 is 19.3 Å². The molecule has 8 saturated carbocycles. The monoisotopic (exact) mass is 1540 g/mol. The first kappa shape index (κ1) is 81.2. The molecule has 1 N–H and O–H groups in total. The minimum atomic E-state index is -3.43. The molecule has 8 fully saturated rings. The highest BCUT2D eigenvalue weighted by Crippen LogP contribution is 2.66. The first-order valence-electron chi connectivity index (χ1n) is 37.3. The zero-order valence-electron chi connectivity index (χ0n) is 62.4. The van der Waals surface area contributed by atoms with Gasteiger partial charge in [0.1, 0.15) is 0 Å². The van der Waals surface area contributed by atoms with Crippen LogP contribution in [0.2, 0.25) is 0 Å². The molecule has 109 heavy (non-hydrogen) atoms. The Bertz CT molecular complexity index is 3870. The predicted octanol–water partition coefficient (Wildman–Crippen LogP) is 22.7. The third-order valence-electron chi connectivity index (χ3n) is 21.1. The summed E-state index contributed by atoms with van der Waals surface area (Å²) in [7, 11) is 0.873. The fraction of sp³-hybridized carbons (Fsp3) is 0.323. The van der Waals surface area contributed by atoms with Crippen LogP contribution in [0.5, 0.6) is 0 Å². The van der Waals surface area contributed by atoms with Gasteiger partial charge in [0, 0.05) is 31.6 Å². The van der Waals surface area contributed by atoms with E-state index in [0.29, 0.717) is 50.9 Å². The molecule has 0 aromatic heterocycles. The molecule has 0 heterocycles. The van der Waals surface area contributed by atoms with Crippen molar-refractivity contribution >= 4 is 50.6 Å². The van der Waals surface area contributed by atoms with E-state index < -0.39 is 41.3 Å². The molecule has 0 spiro atoms. The number of hydrogen-bond donors (Lipinski definition) is 1. The lowest BCUT2D eigenvalue weighted by atomic mass is 9.43. The van der Waals surface area contributed by atoms with Crippen molar-refractivity contribution in [3.63, 3.8) is 0 Å². The highest BCUT2D eigenvalue weighted by Gasteiger charge is 2.60. The molecule has 0 aliphatic heterocycles. The summed E-state index contributed by atoms with van der Waals surface area (Å²) in [4.78, 5) is 44.9. The van der Waals surface area contributed by atoms with Gasteiger partial charge in [0.05, 0.1) is 58.6 Å². The van der Waals surface area contributed by atoms with Gasteiger partial charge in [-0.3, -0.25) is 0 Å². The molecule has 8 bridgehead atoms. The summed E-state index contributed by atoms with van der Waals surface area (Å²) in [6.07, 6.45) is 11.8. The van der Waals surface area contributed by atoms with Gasteiger partial charge in [-0.1, -0.05) is 194 Å². The number of methoxy groups -OCH3 is 1. The molecule has 568 valence electrons. The summed E-state index contributed by atoms with van der Waals surface area (Å²) in [5, 5.41) is 10.5. The maximum absolute atomic E-state index is 13.2. The van der Waals surface area contributed by atoms with Crippen molar-refractivity contribution in [2.24, 2.45) is 34.5 Å². The average Bonchev–Trinajstić information content (AvgIpc) is 0.717. The molecule has 8 aliphatic carbocycles. The molecule has 0 radical (unpaired) electrons. The molecule has 4 unspecified atom stereocenters. The van der Waals surface area contributed by atoms with Gasteiger partial charge in [0.2, 0.25) is 0 Å². The molecular weight excluding hydrogens is 1440 g/mol. The third kappa shape index (κ3) is 21.8. The number of hydrogen-bond acceptors (Lipinski definition) is 7. The summed E-state index contributed by atoms with van der Waals surface area (Å²) < 4.78 is 89.0. The van der Waals surface area contributed by atoms with Crippen LogP contribution >= 0.6 is 0 Å². The number of benzene rings is 10. The quantitative estimate of drug-likeness (QED) is 0.0420. The summed E-state index contributed by atoms with van der Waals surface area (Å²) in [6.45, 7) is 3.93. The highest BCUT2D eigenvalue weighted by molar-refractivity contribution is 7.97. The number of aliphatic hydroxyl groups is 1. The smallest absolute Gasteiger partial charge is 0.376 e. The number of aryl methyl sites for hydroxylation is 1. The van der Waals surface area contributed by atoms with Gasteiger partial charge in [0.25, 0.3) is 0 Å². The Kier molecular flexibility index (Phi) is 27.1. The maximum atomic E-state index is 13.2. The van der Waals surface area contributed by atoms with Gasteiger partial charge in [0.15, 0.2) is 44.1 Å². The summed E-state index contributed by atoms with van der Waals surface area (Å²) in [5.74, 6) is -12.3. The number of ether oxygens (including phenoxy) is 3. The van der Waals surface area contributed by atoms with E-state index in [9.17, 15) is 45.8 Å². The Hall–Kier alpha value is -8.80. The zero-order chi connectivity index (χ0) is 77.3. The van der Waals surface area contributed by atoms with E-state index in [2.05, 4.69) is 309 Å². The minimum Gasteiger partial charge on any atom is -0.465 e. The van der Waals surface area contributed by atoms with Crippen LogP contribution in [-0.4, -0.2) is 66.7 Å². The molecule has 8 aliphatic rings. The number of esters is 3. The van der Waals surface area contributed by atoms with Gasteiger partial charge in [-0.15, -0.1) is 0 Å². The molecule has 16 heteroatoms. The Morgan fingerprint density at radius 2 is 0.578 bits per heavy atom. The van der Waals surface area contributed by atoms with Crippen LogP contribution in [0.4, 0.5) is 26.3 Å². The standard InChI is InChI=1S/C21H26F2O2.3C18H15S.C14H20F2O3.C4H6F2O2/c1-14-3-5-17(6-4-14)21-10-15-7-16(11-21)9-20(8-15,12-21)13-25-18(24)19(2,22)23;3*1-4-10-16(11-5-1)19(17-12-6-2-7-13-17)18-14-8-3-9-15-18;1-12(15,16)11(17)19-8-13-3-9-2-10(4-13)6-14(18,5-9)7-13;1-4(5,6)3(7)8-2/h3-6,15-16H,7-13H2,1-2H3;3*1-15H;9-10,18H,2-8H2,1H3;1-2H3/q;3*+1;;. The van der Waals surface area contributed by atoms with E-state index in [-0.39, 0.29) is 62.1 Å². The average molecular weight is 1540 g/mol. The van der Waals surface area contributed by atoms with Crippen molar-refractivity contribution in [2.75, 3.05) is 20.3 Å². The van der Waals surface area contributed by atoms with Crippen molar-refractivity contribution in [2.45, 2.75) is 178 Å². The van der Waals surface area contributed by atoms with Crippen LogP contribution in [0.1, 0.15) is 109 Å². The molecule has 4 atom stereocenters. The summed E-state index contributed by atoms with van der Waals surface area (Å²) in [6, 6.07) is 105. The fourth-order valence-corrected chi connectivity index (χ4v) is 23.9. The van der Waals surface area contributed by atoms with Crippen LogP contribution in [0.15, 0.2) is 341 Å². The second-order valence-corrected chi connectivity index (χ2v) is 36.4. The number of carbonyl (C=O) groups excluding carboxylic acids is 3. The van der Waals surface area contributed by atoms with Gasteiger partial charge >= 0.3 is 35.7 Å². The number of carbonyl (C=O) groups is 3. The van der Waals surface area contributed by atoms with Crippen molar-refractivity contribution in [1.29, 1.82) is 0 Å². The number of alkyl halides is 6. The van der Waals surface area contributed by atoms with E-state index in [1.165, 1.54) is 74.4 Å². The second-order valence-electron chi connectivity index (χ2n) is 30.3. The van der Waals surface area contributed by atoms with Crippen molar-refractivity contribution in [3.8, 4) is 0 Å². The zero-order valence-corrected chi connectivity index (χ0v) is 64.8. The van der Waals surface area contributed by atoms with Gasteiger partial charge in [-0.2, -0.15) is 26.3 Å². The van der Waals surface area contributed by atoms with Crippen molar-refractivity contribution < 1.29 is 60.0 Å². The van der Waals surface area contributed by atoms with Crippen LogP contribution < -0.4 is 0 Å². The Labute approximate surface area is 647 Å². The molecule has 18 rings (SSSR count). The maximum Gasteiger partial charge on any atom is 0.376 e. The molecule has 10 aromatic rings. The fourth-order valence-electron chi connectivity index (χ4n) is 17.5.